The summed E-state index contributed by atoms with van der Waals surface area (Å²) in [6.45, 7) is 4.41. The zero-order valence-electron chi connectivity index (χ0n) is 9.74. The van der Waals surface area contributed by atoms with Crippen molar-refractivity contribution in [3.63, 3.8) is 0 Å². The van der Waals surface area contributed by atoms with Crippen molar-refractivity contribution >= 4 is 15.9 Å². The number of rotatable bonds is 2. The van der Waals surface area contributed by atoms with E-state index in [1.807, 2.05) is 12.1 Å². The number of ether oxygens (including phenoxy) is 1. The number of nitrogens with two attached hydrogens (primary N) is 1. The van der Waals surface area contributed by atoms with Crippen LogP contribution in [0, 0.1) is 5.92 Å². The monoisotopic (exact) mass is 283 g/mol. The van der Waals surface area contributed by atoms with E-state index in [9.17, 15) is 0 Å². The van der Waals surface area contributed by atoms with Gasteiger partial charge in [0.15, 0.2) is 0 Å². The van der Waals surface area contributed by atoms with Crippen LogP contribution in [0.1, 0.15) is 38.3 Å². The molecule has 1 aliphatic rings. The quantitative estimate of drug-likeness (QED) is 0.899. The molecule has 3 atom stereocenters. The van der Waals surface area contributed by atoms with Crippen molar-refractivity contribution in [3.8, 4) is 5.75 Å². The van der Waals surface area contributed by atoms with Gasteiger partial charge in [-0.3, -0.25) is 0 Å². The number of fused-ring (bicyclic) bond motifs is 1. The predicted octanol–water partition coefficient (Wildman–Crippen LogP) is 3.65. The molecule has 0 radical (unpaired) electrons. The van der Waals surface area contributed by atoms with Crippen LogP contribution in [0.4, 0.5) is 0 Å². The third kappa shape index (κ3) is 2.25. The fourth-order valence-electron chi connectivity index (χ4n) is 2.12. The largest absolute Gasteiger partial charge is 0.490 e. The van der Waals surface area contributed by atoms with Gasteiger partial charge in [0.05, 0.1) is 0 Å². The lowest BCUT2D eigenvalue weighted by atomic mass is 9.90. The van der Waals surface area contributed by atoms with E-state index in [1.165, 1.54) is 0 Å². The van der Waals surface area contributed by atoms with Crippen LogP contribution in [0.25, 0.3) is 0 Å². The minimum absolute atomic E-state index is 0.0975. The number of hydrogen-bond donors (Lipinski definition) is 1. The molecule has 0 saturated heterocycles. The minimum atomic E-state index is 0.0975. The number of hydrogen-bond acceptors (Lipinski definition) is 2. The van der Waals surface area contributed by atoms with Gasteiger partial charge in [0.1, 0.15) is 11.9 Å². The van der Waals surface area contributed by atoms with Crippen molar-refractivity contribution < 1.29 is 4.74 Å². The van der Waals surface area contributed by atoms with E-state index in [0.29, 0.717) is 5.92 Å². The molecule has 2 N–H and O–H groups in total. The smallest absolute Gasteiger partial charge is 0.124 e. The van der Waals surface area contributed by atoms with E-state index in [0.717, 1.165) is 28.6 Å². The summed E-state index contributed by atoms with van der Waals surface area (Å²) in [5, 5.41) is 0. The van der Waals surface area contributed by atoms with Gasteiger partial charge < -0.3 is 10.5 Å². The standard InChI is InChI=1S/C13H18BrNO/c1-3-8(2)13-7-11(15)10-6-9(14)4-5-12(10)16-13/h4-6,8,11,13H,3,7,15H2,1-2H3/t8?,11-,13?/m1/s1. The Labute approximate surface area is 105 Å². The molecule has 1 heterocycles. The highest BCUT2D eigenvalue weighted by Crippen LogP contribution is 2.37. The fraction of sp³-hybridized carbons (Fsp3) is 0.538. The summed E-state index contributed by atoms with van der Waals surface area (Å²) in [7, 11) is 0. The molecule has 2 rings (SSSR count). The van der Waals surface area contributed by atoms with E-state index in [4.69, 9.17) is 10.5 Å². The van der Waals surface area contributed by atoms with Crippen LogP contribution >= 0.6 is 15.9 Å². The van der Waals surface area contributed by atoms with Crippen LogP contribution in [0.2, 0.25) is 0 Å². The van der Waals surface area contributed by atoms with Crippen LogP contribution < -0.4 is 10.5 Å². The molecule has 3 heteroatoms. The fourth-order valence-corrected chi connectivity index (χ4v) is 2.49. The number of halogens is 1. The second-order valence-electron chi connectivity index (χ2n) is 4.57. The second-order valence-corrected chi connectivity index (χ2v) is 5.48. The Morgan fingerprint density at radius 1 is 1.56 bits per heavy atom. The Morgan fingerprint density at radius 3 is 3.00 bits per heavy atom. The maximum absolute atomic E-state index is 6.20. The maximum atomic E-state index is 6.20. The van der Waals surface area contributed by atoms with E-state index in [2.05, 4.69) is 35.8 Å². The summed E-state index contributed by atoms with van der Waals surface area (Å²) < 4.78 is 7.07. The zero-order chi connectivity index (χ0) is 11.7. The molecule has 0 saturated carbocycles. The van der Waals surface area contributed by atoms with Crippen molar-refractivity contribution in [1.82, 2.24) is 0 Å². The molecule has 0 spiro atoms. The minimum Gasteiger partial charge on any atom is -0.490 e. The molecular formula is C13H18BrNO. The van der Waals surface area contributed by atoms with Crippen molar-refractivity contribution in [2.24, 2.45) is 11.7 Å². The van der Waals surface area contributed by atoms with Gasteiger partial charge in [-0.25, -0.2) is 0 Å². The van der Waals surface area contributed by atoms with Gasteiger partial charge in [-0.15, -0.1) is 0 Å². The lowest BCUT2D eigenvalue weighted by molar-refractivity contribution is 0.105. The highest BCUT2D eigenvalue weighted by Gasteiger charge is 2.28. The molecule has 1 aromatic carbocycles. The highest BCUT2D eigenvalue weighted by molar-refractivity contribution is 9.10. The van der Waals surface area contributed by atoms with Gasteiger partial charge in [-0.1, -0.05) is 36.2 Å². The first kappa shape index (κ1) is 11.9. The van der Waals surface area contributed by atoms with E-state index >= 15 is 0 Å². The molecule has 0 aliphatic carbocycles. The molecule has 0 bridgehead atoms. The molecule has 1 aliphatic heterocycles. The molecule has 2 unspecified atom stereocenters. The Hall–Kier alpha value is -0.540. The number of benzene rings is 1. The van der Waals surface area contributed by atoms with Gasteiger partial charge >= 0.3 is 0 Å². The lowest BCUT2D eigenvalue weighted by Crippen LogP contribution is -2.34. The van der Waals surface area contributed by atoms with E-state index in [-0.39, 0.29) is 12.1 Å². The third-order valence-electron chi connectivity index (χ3n) is 3.41. The average molecular weight is 284 g/mol. The Kier molecular flexibility index (Phi) is 3.55. The van der Waals surface area contributed by atoms with Gasteiger partial charge in [0, 0.05) is 22.5 Å². The summed E-state index contributed by atoms with van der Waals surface area (Å²) in [6, 6.07) is 6.17. The van der Waals surface area contributed by atoms with Crippen LogP contribution in [0.5, 0.6) is 5.75 Å². The van der Waals surface area contributed by atoms with Gasteiger partial charge in [-0.05, 0) is 24.1 Å². The van der Waals surface area contributed by atoms with Gasteiger partial charge in [0.2, 0.25) is 0 Å². The average Bonchev–Trinajstić information content (AvgIpc) is 2.28. The molecule has 0 aromatic heterocycles. The Balaban J connectivity index is 2.26. The molecule has 0 fully saturated rings. The Bertz CT molecular complexity index is 380. The van der Waals surface area contributed by atoms with Crippen molar-refractivity contribution in [1.29, 1.82) is 0 Å². The van der Waals surface area contributed by atoms with Crippen LogP contribution in [0.3, 0.4) is 0 Å². The maximum Gasteiger partial charge on any atom is 0.124 e. The molecular weight excluding hydrogens is 266 g/mol. The summed E-state index contributed by atoms with van der Waals surface area (Å²) in [5.74, 6) is 1.51. The molecule has 0 amide bonds. The topological polar surface area (TPSA) is 35.2 Å². The van der Waals surface area contributed by atoms with Crippen LogP contribution in [0.15, 0.2) is 22.7 Å². The summed E-state index contributed by atoms with van der Waals surface area (Å²) in [6.07, 6.45) is 2.30. The predicted molar refractivity (Wildman–Crippen MR) is 69.6 cm³/mol. The molecule has 1 aromatic rings. The van der Waals surface area contributed by atoms with Gasteiger partial charge in [-0.2, -0.15) is 0 Å². The molecule has 16 heavy (non-hydrogen) atoms. The molecule has 88 valence electrons. The summed E-state index contributed by atoms with van der Waals surface area (Å²) >= 11 is 3.46. The molecule has 2 nitrogen and oxygen atoms in total. The first-order valence-corrected chi connectivity index (χ1v) is 6.62. The van der Waals surface area contributed by atoms with Gasteiger partial charge in [0.25, 0.3) is 0 Å². The zero-order valence-corrected chi connectivity index (χ0v) is 11.3. The third-order valence-corrected chi connectivity index (χ3v) is 3.91. The second kappa shape index (κ2) is 4.76. The first-order chi connectivity index (χ1) is 7.61. The van der Waals surface area contributed by atoms with Crippen LogP contribution in [-0.2, 0) is 0 Å². The van der Waals surface area contributed by atoms with E-state index in [1.54, 1.807) is 0 Å². The SMILES string of the molecule is CCC(C)C1C[C@@H](N)c2cc(Br)ccc2O1. The van der Waals surface area contributed by atoms with Crippen LogP contribution in [-0.4, -0.2) is 6.10 Å². The van der Waals surface area contributed by atoms with Crippen molar-refractivity contribution in [3.05, 3.63) is 28.2 Å². The highest BCUT2D eigenvalue weighted by atomic mass is 79.9. The van der Waals surface area contributed by atoms with E-state index < -0.39 is 0 Å². The summed E-state index contributed by atoms with van der Waals surface area (Å²) in [5.41, 5.74) is 7.32. The summed E-state index contributed by atoms with van der Waals surface area (Å²) in [4.78, 5) is 0. The normalized spacial score (nSPS) is 25.8. The Morgan fingerprint density at radius 2 is 2.31 bits per heavy atom. The van der Waals surface area contributed by atoms with Crippen molar-refractivity contribution in [2.75, 3.05) is 0 Å². The van der Waals surface area contributed by atoms with Crippen molar-refractivity contribution in [2.45, 2.75) is 38.8 Å². The lowest BCUT2D eigenvalue weighted by Gasteiger charge is -2.33. The first-order valence-electron chi connectivity index (χ1n) is 5.83.